The molecule has 5 nitrogen and oxygen atoms in total. The Morgan fingerprint density at radius 1 is 1.39 bits per heavy atom. The molecule has 1 saturated heterocycles. The van der Waals surface area contributed by atoms with E-state index in [0.717, 1.165) is 18.6 Å². The van der Waals surface area contributed by atoms with Crippen molar-refractivity contribution < 1.29 is 14.6 Å². The third-order valence-electron chi connectivity index (χ3n) is 2.99. The van der Waals surface area contributed by atoms with E-state index in [0.29, 0.717) is 17.5 Å². The Hall–Kier alpha value is -1.01. The van der Waals surface area contributed by atoms with E-state index in [2.05, 4.69) is 9.97 Å². The molecule has 1 fully saturated rings. The van der Waals surface area contributed by atoms with Crippen LogP contribution in [0, 0.1) is 0 Å². The van der Waals surface area contributed by atoms with Crippen molar-refractivity contribution in [2.24, 2.45) is 0 Å². The molecule has 0 bridgehead atoms. The molecule has 0 saturated carbocycles. The number of aliphatic hydroxyl groups is 1. The second-order valence-electron chi connectivity index (χ2n) is 4.16. The zero-order chi connectivity index (χ0) is 13.0. The molecule has 1 N–H and O–H groups in total. The lowest BCUT2D eigenvalue weighted by Gasteiger charge is -2.26. The number of hydrogen-bond acceptors (Lipinski definition) is 6. The second kappa shape index (κ2) is 6.24. The SMILES string of the molecule is COc1cnc(C(O)C2CCCCS2)c(OC)n1. The molecule has 1 aromatic heterocycles. The van der Waals surface area contributed by atoms with Crippen LogP contribution in [0.5, 0.6) is 11.8 Å². The predicted octanol–water partition coefficient (Wildman–Crippen LogP) is 1.81. The monoisotopic (exact) mass is 270 g/mol. The molecule has 18 heavy (non-hydrogen) atoms. The molecule has 6 heteroatoms. The zero-order valence-electron chi connectivity index (χ0n) is 10.6. The summed E-state index contributed by atoms with van der Waals surface area (Å²) in [6.07, 6.45) is 4.25. The van der Waals surface area contributed by atoms with Crippen LogP contribution in [0.15, 0.2) is 6.20 Å². The molecule has 0 aliphatic carbocycles. The number of aromatic nitrogens is 2. The Labute approximate surface area is 111 Å². The highest BCUT2D eigenvalue weighted by atomic mass is 32.2. The number of nitrogens with zero attached hydrogens (tertiary/aromatic N) is 2. The number of ether oxygens (including phenoxy) is 2. The van der Waals surface area contributed by atoms with Crippen molar-refractivity contribution in [2.75, 3.05) is 20.0 Å². The first-order chi connectivity index (χ1) is 8.76. The van der Waals surface area contributed by atoms with E-state index < -0.39 is 6.10 Å². The van der Waals surface area contributed by atoms with Gasteiger partial charge in [-0.05, 0) is 18.6 Å². The Kier molecular flexibility index (Phi) is 4.66. The van der Waals surface area contributed by atoms with Crippen LogP contribution in [-0.4, -0.2) is 40.3 Å². The standard InChI is InChI=1S/C12H18N2O3S/c1-16-9-7-13-10(12(14-9)17-2)11(15)8-5-3-4-6-18-8/h7-8,11,15H,3-6H2,1-2H3. The lowest BCUT2D eigenvalue weighted by molar-refractivity contribution is 0.158. The number of thioether (sulfide) groups is 1. The van der Waals surface area contributed by atoms with Gasteiger partial charge in [0, 0.05) is 5.25 Å². The average Bonchev–Trinajstić information content (AvgIpc) is 2.46. The summed E-state index contributed by atoms with van der Waals surface area (Å²) in [6.45, 7) is 0. The minimum Gasteiger partial charge on any atom is -0.480 e. The summed E-state index contributed by atoms with van der Waals surface area (Å²) >= 11 is 1.79. The Morgan fingerprint density at radius 3 is 2.83 bits per heavy atom. The van der Waals surface area contributed by atoms with Gasteiger partial charge in [-0.15, -0.1) is 0 Å². The maximum Gasteiger partial charge on any atom is 0.241 e. The number of methoxy groups -OCH3 is 2. The molecule has 0 aromatic carbocycles. The second-order valence-corrected chi connectivity index (χ2v) is 5.50. The fourth-order valence-electron chi connectivity index (χ4n) is 2.01. The van der Waals surface area contributed by atoms with Crippen LogP contribution in [0.4, 0.5) is 0 Å². The molecule has 2 atom stereocenters. The summed E-state index contributed by atoms with van der Waals surface area (Å²) in [6, 6.07) is 0. The highest BCUT2D eigenvalue weighted by Crippen LogP contribution is 2.36. The van der Waals surface area contributed by atoms with Gasteiger partial charge < -0.3 is 14.6 Å². The van der Waals surface area contributed by atoms with Gasteiger partial charge in [-0.1, -0.05) is 6.42 Å². The maximum atomic E-state index is 10.4. The first kappa shape index (κ1) is 13.4. The summed E-state index contributed by atoms with van der Waals surface area (Å²) in [7, 11) is 3.05. The van der Waals surface area contributed by atoms with Gasteiger partial charge in [0.15, 0.2) is 0 Å². The van der Waals surface area contributed by atoms with Gasteiger partial charge in [-0.3, -0.25) is 0 Å². The molecular formula is C12H18N2O3S. The molecule has 1 aliphatic heterocycles. The largest absolute Gasteiger partial charge is 0.480 e. The zero-order valence-corrected chi connectivity index (χ0v) is 11.4. The van der Waals surface area contributed by atoms with Gasteiger partial charge in [-0.2, -0.15) is 16.7 Å². The van der Waals surface area contributed by atoms with Gasteiger partial charge in [0.1, 0.15) is 11.8 Å². The van der Waals surface area contributed by atoms with Crippen molar-refractivity contribution in [3.8, 4) is 11.8 Å². The highest BCUT2D eigenvalue weighted by Gasteiger charge is 2.28. The molecule has 100 valence electrons. The summed E-state index contributed by atoms with van der Waals surface area (Å²) < 4.78 is 10.2. The smallest absolute Gasteiger partial charge is 0.241 e. The van der Waals surface area contributed by atoms with Crippen LogP contribution in [0.1, 0.15) is 31.1 Å². The van der Waals surface area contributed by atoms with E-state index >= 15 is 0 Å². The number of aliphatic hydroxyl groups excluding tert-OH is 1. The molecular weight excluding hydrogens is 252 g/mol. The van der Waals surface area contributed by atoms with E-state index in [9.17, 15) is 5.11 Å². The van der Waals surface area contributed by atoms with Crippen LogP contribution in [0.25, 0.3) is 0 Å². The maximum absolute atomic E-state index is 10.4. The summed E-state index contributed by atoms with van der Waals surface area (Å²) in [5.41, 5.74) is 0.498. The summed E-state index contributed by atoms with van der Waals surface area (Å²) in [5, 5.41) is 10.6. The summed E-state index contributed by atoms with van der Waals surface area (Å²) in [5.74, 6) is 1.82. The van der Waals surface area contributed by atoms with Crippen molar-refractivity contribution in [1.82, 2.24) is 9.97 Å². The van der Waals surface area contributed by atoms with Crippen molar-refractivity contribution in [3.63, 3.8) is 0 Å². The molecule has 0 spiro atoms. The van der Waals surface area contributed by atoms with Gasteiger partial charge in [-0.25, -0.2) is 4.98 Å². The van der Waals surface area contributed by atoms with Crippen LogP contribution >= 0.6 is 11.8 Å². The van der Waals surface area contributed by atoms with Crippen LogP contribution in [-0.2, 0) is 0 Å². The first-order valence-corrected chi connectivity index (χ1v) is 7.05. The van der Waals surface area contributed by atoms with Crippen molar-refractivity contribution in [3.05, 3.63) is 11.9 Å². The first-order valence-electron chi connectivity index (χ1n) is 6.01. The van der Waals surface area contributed by atoms with Crippen molar-refractivity contribution in [2.45, 2.75) is 30.6 Å². The molecule has 2 heterocycles. The van der Waals surface area contributed by atoms with Gasteiger partial charge in [0.2, 0.25) is 11.8 Å². The average molecular weight is 270 g/mol. The van der Waals surface area contributed by atoms with Crippen LogP contribution in [0.3, 0.4) is 0 Å². The van der Waals surface area contributed by atoms with Gasteiger partial charge in [0.05, 0.1) is 20.4 Å². The van der Waals surface area contributed by atoms with E-state index in [4.69, 9.17) is 9.47 Å². The topological polar surface area (TPSA) is 64.5 Å². The molecule has 2 rings (SSSR count). The van der Waals surface area contributed by atoms with Crippen LogP contribution in [0.2, 0.25) is 0 Å². The lowest BCUT2D eigenvalue weighted by atomic mass is 10.1. The predicted molar refractivity (Wildman–Crippen MR) is 70.2 cm³/mol. The van der Waals surface area contributed by atoms with E-state index in [1.807, 2.05) is 0 Å². The fraction of sp³-hybridized carbons (Fsp3) is 0.667. The molecule has 1 aromatic rings. The molecule has 1 aliphatic rings. The fourth-order valence-corrected chi connectivity index (χ4v) is 3.33. The van der Waals surface area contributed by atoms with Crippen LogP contribution < -0.4 is 9.47 Å². The quantitative estimate of drug-likeness (QED) is 0.900. The highest BCUT2D eigenvalue weighted by molar-refractivity contribution is 7.99. The normalized spacial score (nSPS) is 21.4. The van der Waals surface area contributed by atoms with Gasteiger partial charge >= 0.3 is 0 Å². The Morgan fingerprint density at radius 2 is 2.22 bits per heavy atom. The third-order valence-corrected chi connectivity index (χ3v) is 4.44. The van der Waals surface area contributed by atoms with Gasteiger partial charge in [0.25, 0.3) is 0 Å². The Bertz CT molecular complexity index is 397. The van der Waals surface area contributed by atoms with Crippen molar-refractivity contribution in [1.29, 1.82) is 0 Å². The minimum atomic E-state index is -0.636. The molecule has 0 radical (unpaired) electrons. The Balaban J connectivity index is 2.20. The molecule has 2 unspecified atom stereocenters. The van der Waals surface area contributed by atoms with E-state index in [-0.39, 0.29) is 5.25 Å². The summed E-state index contributed by atoms with van der Waals surface area (Å²) in [4.78, 5) is 8.37. The van der Waals surface area contributed by atoms with E-state index in [1.165, 1.54) is 26.8 Å². The minimum absolute atomic E-state index is 0.176. The number of hydrogen-bond donors (Lipinski definition) is 1. The third kappa shape index (κ3) is 2.87. The van der Waals surface area contributed by atoms with Crippen molar-refractivity contribution >= 4 is 11.8 Å². The van der Waals surface area contributed by atoms with E-state index in [1.54, 1.807) is 11.8 Å². The lowest BCUT2D eigenvalue weighted by Crippen LogP contribution is -2.21. The number of rotatable bonds is 4. The molecule has 0 amide bonds.